The molecule has 0 aliphatic rings. The quantitative estimate of drug-likeness (QED) is 0.863. The molecule has 2 nitrogen and oxygen atoms in total. The van der Waals surface area contributed by atoms with Gasteiger partial charge in [0.05, 0.1) is 0 Å². The minimum Gasteiger partial charge on any atom is -0.489 e. The second kappa shape index (κ2) is 7.17. The number of rotatable bonds is 6. The Bertz CT molecular complexity index is 501. The van der Waals surface area contributed by atoms with E-state index in [1.807, 2.05) is 61.5 Å². The molecule has 0 aliphatic heterocycles. The zero-order chi connectivity index (χ0) is 13.5. The van der Waals surface area contributed by atoms with Crippen LogP contribution in [-0.2, 0) is 6.54 Å². The lowest BCUT2D eigenvalue weighted by Crippen LogP contribution is -2.28. The van der Waals surface area contributed by atoms with Gasteiger partial charge in [-0.05, 0) is 30.7 Å². The van der Waals surface area contributed by atoms with Crippen LogP contribution in [0.2, 0.25) is 5.02 Å². The maximum absolute atomic E-state index is 6.10. The third kappa shape index (κ3) is 4.58. The Morgan fingerprint density at radius 1 is 1.05 bits per heavy atom. The Balaban J connectivity index is 1.75. The van der Waals surface area contributed by atoms with Crippen molar-refractivity contribution in [2.45, 2.75) is 19.6 Å². The van der Waals surface area contributed by atoms with Crippen LogP contribution in [0.5, 0.6) is 5.75 Å². The number of benzene rings is 2. The highest BCUT2D eigenvalue weighted by molar-refractivity contribution is 6.31. The molecule has 0 aromatic heterocycles. The fraction of sp³-hybridized carbons (Fsp3) is 0.250. The van der Waals surface area contributed by atoms with E-state index in [9.17, 15) is 0 Å². The van der Waals surface area contributed by atoms with E-state index >= 15 is 0 Å². The van der Waals surface area contributed by atoms with E-state index in [1.165, 1.54) is 0 Å². The highest BCUT2D eigenvalue weighted by atomic mass is 35.5. The molecule has 0 aliphatic carbocycles. The van der Waals surface area contributed by atoms with Crippen molar-refractivity contribution >= 4 is 11.6 Å². The van der Waals surface area contributed by atoms with E-state index in [0.717, 1.165) is 29.4 Å². The third-order valence-corrected chi connectivity index (χ3v) is 3.15. The molecule has 0 radical (unpaired) electrons. The van der Waals surface area contributed by atoms with Crippen molar-refractivity contribution in [3.8, 4) is 5.75 Å². The predicted molar refractivity (Wildman–Crippen MR) is 79.7 cm³/mol. The maximum Gasteiger partial charge on any atom is 0.119 e. The first-order valence-corrected chi connectivity index (χ1v) is 6.79. The summed E-state index contributed by atoms with van der Waals surface area (Å²) in [5, 5.41) is 4.15. The highest BCUT2D eigenvalue weighted by Gasteiger charge is 2.04. The molecule has 19 heavy (non-hydrogen) atoms. The largest absolute Gasteiger partial charge is 0.489 e. The van der Waals surface area contributed by atoms with E-state index < -0.39 is 0 Å². The molecule has 1 atom stereocenters. The van der Waals surface area contributed by atoms with Gasteiger partial charge in [-0.3, -0.25) is 0 Å². The van der Waals surface area contributed by atoms with Gasteiger partial charge in [0, 0.05) is 18.1 Å². The predicted octanol–water partition coefficient (Wildman–Crippen LogP) is 3.90. The normalized spacial score (nSPS) is 12.1. The number of hydrogen-bond donors (Lipinski definition) is 1. The van der Waals surface area contributed by atoms with Gasteiger partial charge >= 0.3 is 0 Å². The fourth-order valence-corrected chi connectivity index (χ4v) is 2.03. The molecule has 2 rings (SSSR count). The summed E-state index contributed by atoms with van der Waals surface area (Å²) in [7, 11) is 0. The van der Waals surface area contributed by atoms with Crippen LogP contribution in [0.25, 0.3) is 0 Å². The molecule has 0 bridgehead atoms. The first kappa shape index (κ1) is 13.9. The summed E-state index contributed by atoms with van der Waals surface area (Å²) < 4.78 is 5.79. The van der Waals surface area contributed by atoms with Crippen LogP contribution in [-0.4, -0.2) is 12.6 Å². The van der Waals surface area contributed by atoms with Crippen molar-refractivity contribution in [1.29, 1.82) is 0 Å². The van der Waals surface area contributed by atoms with Gasteiger partial charge in [0.1, 0.15) is 11.9 Å². The molecule has 0 saturated carbocycles. The molecule has 2 aromatic rings. The van der Waals surface area contributed by atoms with Crippen LogP contribution in [0.3, 0.4) is 0 Å². The Kier molecular flexibility index (Phi) is 5.25. The molecule has 0 spiro atoms. The van der Waals surface area contributed by atoms with Gasteiger partial charge in [0.2, 0.25) is 0 Å². The Hall–Kier alpha value is -1.51. The van der Waals surface area contributed by atoms with Gasteiger partial charge in [-0.1, -0.05) is 48.0 Å². The molecule has 1 N–H and O–H groups in total. The summed E-state index contributed by atoms with van der Waals surface area (Å²) in [6.07, 6.45) is 0.116. The van der Waals surface area contributed by atoms with Crippen LogP contribution in [0, 0.1) is 0 Å². The molecular weight excluding hydrogens is 258 g/mol. The molecule has 0 heterocycles. The molecule has 1 unspecified atom stereocenters. The summed E-state index contributed by atoms with van der Waals surface area (Å²) in [5.74, 6) is 0.898. The van der Waals surface area contributed by atoms with Crippen LogP contribution in [0.1, 0.15) is 12.5 Å². The van der Waals surface area contributed by atoms with Crippen molar-refractivity contribution in [2.24, 2.45) is 0 Å². The summed E-state index contributed by atoms with van der Waals surface area (Å²) >= 11 is 6.10. The molecule has 3 heteroatoms. The van der Waals surface area contributed by atoms with Crippen LogP contribution < -0.4 is 10.1 Å². The van der Waals surface area contributed by atoms with Gasteiger partial charge in [0.25, 0.3) is 0 Å². The van der Waals surface area contributed by atoms with Gasteiger partial charge in [0.15, 0.2) is 0 Å². The smallest absolute Gasteiger partial charge is 0.119 e. The molecule has 100 valence electrons. The average Bonchev–Trinajstić information content (AvgIpc) is 2.42. The molecule has 0 fully saturated rings. The average molecular weight is 276 g/mol. The first-order chi connectivity index (χ1) is 9.25. The van der Waals surface area contributed by atoms with Crippen molar-refractivity contribution in [3.63, 3.8) is 0 Å². The highest BCUT2D eigenvalue weighted by Crippen LogP contribution is 2.14. The SMILES string of the molecule is CC(CNCc1ccccc1Cl)Oc1ccccc1. The monoisotopic (exact) mass is 275 g/mol. The molecule has 2 aromatic carbocycles. The van der Waals surface area contributed by atoms with Gasteiger partial charge in [-0.2, -0.15) is 0 Å². The van der Waals surface area contributed by atoms with Gasteiger partial charge < -0.3 is 10.1 Å². The minimum absolute atomic E-state index is 0.116. The van der Waals surface area contributed by atoms with Gasteiger partial charge in [-0.25, -0.2) is 0 Å². The molecular formula is C16H18ClNO. The molecule has 0 saturated heterocycles. The van der Waals surface area contributed by atoms with Crippen molar-refractivity contribution in [1.82, 2.24) is 5.32 Å². The second-order valence-electron chi connectivity index (χ2n) is 4.46. The lowest BCUT2D eigenvalue weighted by molar-refractivity contribution is 0.217. The van der Waals surface area contributed by atoms with Crippen LogP contribution in [0.15, 0.2) is 54.6 Å². The van der Waals surface area contributed by atoms with E-state index in [4.69, 9.17) is 16.3 Å². The first-order valence-electron chi connectivity index (χ1n) is 6.41. The standard InChI is InChI=1S/C16H18ClNO/c1-13(19-15-8-3-2-4-9-15)11-18-12-14-7-5-6-10-16(14)17/h2-10,13,18H,11-12H2,1H3. The number of ether oxygens (including phenoxy) is 1. The topological polar surface area (TPSA) is 21.3 Å². The van der Waals surface area contributed by atoms with Crippen molar-refractivity contribution in [2.75, 3.05) is 6.54 Å². The fourth-order valence-electron chi connectivity index (χ4n) is 1.82. The summed E-state index contributed by atoms with van der Waals surface area (Å²) in [4.78, 5) is 0. The Morgan fingerprint density at radius 3 is 2.47 bits per heavy atom. The maximum atomic E-state index is 6.10. The Morgan fingerprint density at radius 2 is 1.74 bits per heavy atom. The summed E-state index contributed by atoms with van der Waals surface area (Å²) in [6, 6.07) is 17.7. The van der Waals surface area contributed by atoms with E-state index in [-0.39, 0.29) is 6.10 Å². The summed E-state index contributed by atoms with van der Waals surface area (Å²) in [5.41, 5.74) is 1.11. The van der Waals surface area contributed by atoms with Crippen LogP contribution >= 0.6 is 11.6 Å². The number of para-hydroxylation sites is 1. The van der Waals surface area contributed by atoms with Crippen LogP contribution in [0.4, 0.5) is 0 Å². The summed E-state index contributed by atoms with van der Waals surface area (Å²) in [6.45, 7) is 3.58. The van der Waals surface area contributed by atoms with Gasteiger partial charge in [-0.15, -0.1) is 0 Å². The minimum atomic E-state index is 0.116. The second-order valence-corrected chi connectivity index (χ2v) is 4.87. The third-order valence-electron chi connectivity index (χ3n) is 2.79. The van der Waals surface area contributed by atoms with E-state index in [0.29, 0.717) is 0 Å². The number of hydrogen-bond acceptors (Lipinski definition) is 2. The Labute approximate surface area is 119 Å². The van der Waals surface area contributed by atoms with E-state index in [1.54, 1.807) is 0 Å². The number of halogens is 1. The van der Waals surface area contributed by atoms with Crippen molar-refractivity contribution in [3.05, 3.63) is 65.2 Å². The molecule has 0 amide bonds. The zero-order valence-corrected chi connectivity index (χ0v) is 11.7. The lowest BCUT2D eigenvalue weighted by Gasteiger charge is -2.15. The van der Waals surface area contributed by atoms with Crippen molar-refractivity contribution < 1.29 is 4.74 Å². The van der Waals surface area contributed by atoms with E-state index in [2.05, 4.69) is 5.32 Å². The zero-order valence-electron chi connectivity index (χ0n) is 11.0. The lowest BCUT2D eigenvalue weighted by atomic mass is 10.2. The number of nitrogens with one attached hydrogen (secondary N) is 1.